The molecule has 2 amide bonds. The van der Waals surface area contributed by atoms with Gasteiger partial charge in [-0.2, -0.15) is 0 Å². The van der Waals surface area contributed by atoms with Crippen LogP contribution in [0.1, 0.15) is 6.04 Å². The standard InChI is InChI=1S/C14H10N4O3S/c19-12(17-14(20)21)10-6-22-13-15-5-8-7-3-1-2-4-9(7)16-11(8)18(10)13/h1-5,10H,6H2,(H,17,19)(H,20,21). The van der Waals surface area contributed by atoms with Gasteiger partial charge in [0.1, 0.15) is 11.9 Å². The van der Waals surface area contributed by atoms with Gasteiger partial charge >= 0.3 is 6.09 Å². The van der Waals surface area contributed by atoms with Crippen molar-refractivity contribution in [3.63, 3.8) is 0 Å². The lowest BCUT2D eigenvalue weighted by molar-refractivity contribution is -0.122. The van der Waals surface area contributed by atoms with Gasteiger partial charge < -0.3 is 5.11 Å². The molecule has 110 valence electrons. The van der Waals surface area contributed by atoms with Crippen molar-refractivity contribution >= 4 is 34.7 Å². The third-order valence-corrected chi connectivity index (χ3v) is 4.66. The van der Waals surface area contributed by atoms with Crippen molar-refractivity contribution in [3.8, 4) is 11.4 Å². The van der Waals surface area contributed by atoms with Gasteiger partial charge in [-0.3, -0.25) is 14.7 Å². The van der Waals surface area contributed by atoms with Crippen molar-refractivity contribution in [3.05, 3.63) is 30.5 Å². The summed E-state index contributed by atoms with van der Waals surface area (Å²) in [6.45, 7) is 0. The van der Waals surface area contributed by atoms with Crippen LogP contribution >= 0.6 is 11.8 Å². The summed E-state index contributed by atoms with van der Waals surface area (Å²) in [5.74, 6) is 0.529. The number of thioether (sulfide) groups is 1. The maximum absolute atomic E-state index is 12.1. The number of hydrogen-bond acceptors (Lipinski definition) is 5. The highest BCUT2D eigenvalue weighted by Crippen LogP contribution is 2.40. The lowest BCUT2D eigenvalue weighted by Crippen LogP contribution is -2.36. The number of amides is 2. The van der Waals surface area contributed by atoms with Gasteiger partial charge in [-0.1, -0.05) is 30.0 Å². The van der Waals surface area contributed by atoms with Crippen LogP contribution in [0.15, 0.2) is 35.6 Å². The molecule has 8 heteroatoms. The first-order valence-electron chi connectivity index (χ1n) is 6.57. The number of hydrogen-bond donors (Lipinski definition) is 2. The van der Waals surface area contributed by atoms with Gasteiger partial charge in [0.15, 0.2) is 5.16 Å². The Labute approximate surface area is 128 Å². The van der Waals surface area contributed by atoms with Gasteiger partial charge in [0.25, 0.3) is 5.91 Å². The Morgan fingerprint density at radius 3 is 3.00 bits per heavy atom. The quantitative estimate of drug-likeness (QED) is 0.667. The minimum atomic E-state index is -1.36. The summed E-state index contributed by atoms with van der Waals surface area (Å²) in [6, 6.07) is 7.04. The number of nitrogens with one attached hydrogen (secondary N) is 1. The molecule has 2 N–H and O–H groups in total. The summed E-state index contributed by atoms with van der Waals surface area (Å²) in [7, 11) is 0. The second kappa shape index (κ2) is 4.70. The van der Waals surface area contributed by atoms with E-state index in [1.165, 1.54) is 11.8 Å². The fraction of sp³-hybridized carbons (Fsp3) is 0.143. The molecule has 3 heterocycles. The summed E-state index contributed by atoms with van der Waals surface area (Å²) in [5.41, 5.74) is 1.68. The molecule has 0 saturated carbocycles. The molecule has 0 aliphatic carbocycles. The summed E-state index contributed by atoms with van der Waals surface area (Å²) >= 11 is 1.41. The number of carbonyl (C=O) groups is 2. The average molecular weight is 314 g/mol. The molecule has 3 aliphatic rings. The van der Waals surface area contributed by atoms with Crippen LogP contribution in [0.2, 0.25) is 0 Å². The zero-order valence-corrected chi connectivity index (χ0v) is 12.0. The second-order valence-electron chi connectivity index (χ2n) is 4.90. The zero-order chi connectivity index (χ0) is 15.3. The minimum Gasteiger partial charge on any atom is -0.465 e. The van der Waals surface area contributed by atoms with Crippen LogP contribution in [-0.2, 0) is 4.79 Å². The third-order valence-electron chi connectivity index (χ3n) is 3.61. The topological polar surface area (TPSA) is 97.1 Å². The van der Waals surface area contributed by atoms with E-state index < -0.39 is 18.0 Å². The molecular formula is C14H10N4O3S. The second-order valence-corrected chi connectivity index (χ2v) is 5.89. The van der Waals surface area contributed by atoms with Gasteiger partial charge in [0.05, 0.1) is 5.52 Å². The van der Waals surface area contributed by atoms with E-state index in [0.29, 0.717) is 16.7 Å². The van der Waals surface area contributed by atoms with E-state index in [-0.39, 0.29) is 0 Å². The Morgan fingerprint density at radius 1 is 1.36 bits per heavy atom. The lowest BCUT2D eigenvalue weighted by Gasteiger charge is -2.15. The Bertz CT molecular complexity index is 891. The lowest BCUT2D eigenvalue weighted by atomic mass is 10.1. The van der Waals surface area contributed by atoms with Crippen LogP contribution < -0.4 is 5.32 Å². The number of aromatic nitrogens is 3. The fourth-order valence-corrected chi connectivity index (χ4v) is 3.76. The first-order valence-corrected chi connectivity index (χ1v) is 7.56. The Hall–Kier alpha value is -2.61. The van der Waals surface area contributed by atoms with Crippen LogP contribution in [0.3, 0.4) is 0 Å². The van der Waals surface area contributed by atoms with Crippen LogP contribution in [0.4, 0.5) is 4.79 Å². The summed E-state index contributed by atoms with van der Waals surface area (Å²) < 4.78 is 1.72. The Morgan fingerprint density at radius 2 is 2.18 bits per heavy atom. The predicted molar refractivity (Wildman–Crippen MR) is 80.1 cm³/mol. The van der Waals surface area contributed by atoms with Crippen LogP contribution in [0.25, 0.3) is 22.3 Å². The van der Waals surface area contributed by atoms with Crippen molar-refractivity contribution < 1.29 is 14.7 Å². The predicted octanol–water partition coefficient (Wildman–Crippen LogP) is 1.98. The molecule has 3 aliphatic heterocycles. The fourth-order valence-electron chi connectivity index (χ4n) is 2.67. The van der Waals surface area contributed by atoms with E-state index in [2.05, 4.69) is 9.97 Å². The number of imide groups is 1. The molecule has 4 rings (SSSR count). The monoisotopic (exact) mass is 314 g/mol. The van der Waals surface area contributed by atoms with E-state index in [4.69, 9.17) is 5.11 Å². The van der Waals surface area contributed by atoms with Crippen molar-refractivity contribution in [2.24, 2.45) is 0 Å². The maximum atomic E-state index is 12.1. The maximum Gasteiger partial charge on any atom is 0.411 e. The van der Waals surface area contributed by atoms with E-state index in [0.717, 1.165) is 16.5 Å². The van der Waals surface area contributed by atoms with Gasteiger partial charge in [0.2, 0.25) is 0 Å². The van der Waals surface area contributed by atoms with E-state index >= 15 is 0 Å². The zero-order valence-electron chi connectivity index (χ0n) is 11.2. The summed E-state index contributed by atoms with van der Waals surface area (Å²) in [4.78, 5) is 31.8. The van der Waals surface area contributed by atoms with Crippen LogP contribution in [0.5, 0.6) is 0 Å². The molecule has 1 unspecified atom stereocenters. The van der Waals surface area contributed by atoms with Crippen molar-refractivity contribution in [2.45, 2.75) is 11.2 Å². The Balaban J connectivity index is 1.89. The first kappa shape index (κ1) is 13.1. The number of rotatable bonds is 1. The average Bonchev–Trinajstić information content (AvgIpc) is 3.07. The number of nitrogens with zero attached hydrogens (tertiary/aromatic N) is 3. The van der Waals surface area contributed by atoms with Crippen molar-refractivity contribution in [2.75, 3.05) is 5.75 Å². The molecule has 0 spiro atoms. The molecule has 1 aromatic rings. The number of benzene rings is 1. The van der Waals surface area contributed by atoms with Crippen molar-refractivity contribution in [1.82, 2.24) is 19.9 Å². The van der Waals surface area contributed by atoms with Gasteiger partial charge in [-0.25, -0.2) is 14.8 Å². The molecule has 0 aromatic heterocycles. The third kappa shape index (κ3) is 1.84. The molecule has 1 aromatic carbocycles. The van der Waals surface area contributed by atoms with Gasteiger partial charge in [0, 0.05) is 22.9 Å². The first-order chi connectivity index (χ1) is 10.6. The van der Waals surface area contributed by atoms with Crippen molar-refractivity contribution in [1.29, 1.82) is 0 Å². The minimum absolute atomic E-state index is 0.439. The van der Waals surface area contributed by atoms with Gasteiger partial charge in [-0.05, 0) is 6.07 Å². The van der Waals surface area contributed by atoms with Crippen LogP contribution in [0, 0.1) is 0 Å². The highest BCUT2D eigenvalue weighted by molar-refractivity contribution is 7.99. The molecular weight excluding hydrogens is 304 g/mol. The number of para-hydroxylation sites is 1. The molecule has 0 radical (unpaired) electrons. The molecule has 0 fully saturated rings. The van der Waals surface area contributed by atoms with Crippen LogP contribution in [-0.4, -0.2) is 37.4 Å². The number of fused-ring (bicyclic) bond motifs is 5. The normalized spacial score (nSPS) is 16.8. The smallest absolute Gasteiger partial charge is 0.411 e. The number of carbonyl (C=O) groups excluding carboxylic acids is 1. The summed E-state index contributed by atoms with van der Waals surface area (Å²) in [5, 5.41) is 12.3. The van der Waals surface area contributed by atoms with E-state index in [9.17, 15) is 9.59 Å². The van der Waals surface area contributed by atoms with Gasteiger partial charge in [-0.15, -0.1) is 0 Å². The summed E-state index contributed by atoms with van der Waals surface area (Å²) in [6.07, 6.45) is 0.394. The molecule has 0 saturated heterocycles. The molecule has 22 heavy (non-hydrogen) atoms. The molecule has 1 atom stereocenters. The molecule has 7 nitrogen and oxygen atoms in total. The highest BCUT2D eigenvalue weighted by Gasteiger charge is 2.34. The number of carboxylic acid groups (broad SMARTS) is 1. The van der Waals surface area contributed by atoms with E-state index in [1.807, 2.05) is 29.6 Å². The molecule has 0 bridgehead atoms. The SMILES string of the molecule is O=C(O)NC(=O)C1CSc2ncc3c4ccccc4nc-3n21. The Kier molecular flexibility index (Phi) is 2.80. The largest absolute Gasteiger partial charge is 0.465 e. The highest BCUT2D eigenvalue weighted by atomic mass is 32.2. The van der Waals surface area contributed by atoms with E-state index in [1.54, 1.807) is 10.8 Å².